The van der Waals surface area contributed by atoms with Gasteiger partial charge in [0.2, 0.25) is 5.91 Å². The largest absolute Gasteiger partial charge is 0.342 e. The van der Waals surface area contributed by atoms with Gasteiger partial charge in [-0.05, 0) is 31.4 Å². The summed E-state index contributed by atoms with van der Waals surface area (Å²) < 4.78 is 11.4. The lowest BCUT2D eigenvalue weighted by Gasteiger charge is -2.33. The highest BCUT2D eigenvalue weighted by atomic mass is 32.2. The van der Waals surface area contributed by atoms with Gasteiger partial charge in [0.25, 0.3) is 0 Å². The summed E-state index contributed by atoms with van der Waals surface area (Å²) in [5, 5.41) is -0.0372. The maximum atomic E-state index is 12.7. The van der Waals surface area contributed by atoms with Crippen LogP contribution in [-0.4, -0.2) is 44.9 Å². The van der Waals surface area contributed by atoms with Crippen LogP contribution in [0.5, 0.6) is 0 Å². The third-order valence-corrected chi connectivity index (χ3v) is 6.67. The average Bonchev–Trinajstić information content (AvgIpc) is 2.53. The Bertz CT molecular complexity index is 482. The summed E-state index contributed by atoms with van der Waals surface area (Å²) in [7, 11) is 1.22. The van der Waals surface area contributed by atoms with E-state index in [4.69, 9.17) is 0 Å². The zero-order valence-electron chi connectivity index (χ0n) is 12.7. The van der Waals surface area contributed by atoms with E-state index in [2.05, 4.69) is 6.92 Å². The molecule has 0 aliphatic carbocycles. The Hall–Kier alpha value is -0.810. The molecule has 0 bridgehead atoms. The number of thioether (sulfide) groups is 1. The average molecular weight is 325 g/mol. The van der Waals surface area contributed by atoms with Crippen LogP contribution in [0.1, 0.15) is 26.2 Å². The van der Waals surface area contributed by atoms with Gasteiger partial charge in [0, 0.05) is 40.3 Å². The first kappa shape index (κ1) is 16.6. The Morgan fingerprint density at radius 2 is 1.95 bits per heavy atom. The van der Waals surface area contributed by atoms with Gasteiger partial charge in [0.05, 0.1) is 5.25 Å². The number of hydrogen-bond donors (Lipinski definition) is 0. The van der Waals surface area contributed by atoms with Crippen molar-refractivity contribution in [2.45, 2.75) is 42.4 Å². The lowest BCUT2D eigenvalue weighted by Crippen LogP contribution is -2.44. The molecular weight excluding hydrogens is 302 g/mol. The van der Waals surface area contributed by atoms with Crippen LogP contribution in [0, 0.1) is 0 Å². The summed E-state index contributed by atoms with van der Waals surface area (Å²) in [6.07, 6.45) is 2.55. The molecule has 1 fully saturated rings. The van der Waals surface area contributed by atoms with Gasteiger partial charge in [0.1, 0.15) is 0 Å². The van der Waals surface area contributed by atoms with Crippen LogP contribution in [0.3, 0.4) is 0 Å². The molecule has 21 heavy (non-hydrogen) atoms. The van der Waals surface area contributed by atoms with E-state index in [-0.39, 0.29) is 17.2 Å². The fourth-order valence-electron chi connectivity index (χ4n) is 2.55. The third kappa shape index (κ3) is 4.58. The van der Waals surface area contributed by atoms with Gasteiger partial charge in [-0.25, -0.2) is 0 Å². The summed E-state index contributed by atoms with van der Waals surface area (Å²) >= 11 is 1.64. The monoisotopic (exact) mass is 325 g/mol. The summed E-state index contributed by atoms with van der Waals surface area (Å²) in [5.41, 5.74) is 0. The van der Waals surface area contributed by atoms with Gasteiger partial charge in [-0.2, -0.15) is 0 Å². The summed E-state index contributed by atoms with van der Waals surface area (Å²) in [5.74, 6) is 1.65. The minimum absolute atomic E-state index is 0.0372. The third-order valence-electron chi connectivity index (χ3n) is 3.92. The standard InChI is InChI=1S/C16H23NO2S2/c1-3-15(20-14-7-5-4-6-8-14)16(18)17(2)13-9-11-21(19)12-10-13/h4-8,13,15H,3,9-12H2,1-2H3. The van der Waals surface area contributed by atoms with E-state index in [1.807, 2.05) is 42.3 Å². The Kier molecular flexibility index (Phi) is 6.30. The highest BCUT2D eigenvalue weighted by Gasteiger charge is 2.29. The van der Waals surface area contributed by atoms with Crippen LogP contribution in [0.25, 0.3) is 0 Å². The van der Waals surface area contributed by atoms with Gasteiger partial charge in [-0.3, -0.25) is 9.00 Å². The predicted octanol–water partition coefficient (Wildman–Crippen LogP) is 2.93. The van der Waals surface area contributed by atoms with Crippen molar-refractivity contribution in [3.63, 3.8) is 0 Å². The molecule has 0 radical (unpaired) electrons. The zero-order chi connectivity index (χ0) is 15.2. The molecule has 1 aromatic carbocycles. The van der Waals surface area contributed by atoms with Crippen molar-refractivity contribution in [2.75, 3.05) is 18.6 Å². The maximum absolute atomic E-state index is 12.7. The summed E-state index contributed by atoms with van der Waals surface area (Å²) in [4.78, 5) is 15.7. The second-order valence-corrected chi connectivity index (χ2v) is 8.33. The Labute approximate surface area is 133 Å². The molecule has 116 valence electrons. The van der Waals surface area contributed by atoms with Crippen molar-refractivity contribution in [3.8, 4) is 0 Å². The summed E-state index contributed by atoms with van der Waals surface area (Å²) in [6.45, 7) is 2.06. The topological polar surface area (TPSA) is 37.4 Å². The summed E-state index contributed by atoms with van der Waals surface area (Å²) in [6, 6.07) is 10.3. The molecule has 0 N–H and O–H groups in total. The smallest absolute Gasteiger partial charge is 0.236 e. The first-order valence-electron chi connectivity index (χ1n) is 7.45. The highest BCUT2D eigenvalue weighted by Crippen LogP contribution is 2.27. The molecule has 1 heterocycles. The number of carbonyl (C=O) groups excluding carboxylic acids is 1. The van der Waals surface area contributed by atoms with Crippen molar-refractivity contribution in [2.24, 2.45) is 0 Å². The molecule has 5 heteroatoms. The molecule has 0 saturated carbocycles. The van der Waals surface area contributed by atoms with Crippen LogP contribution in [0.4, 0.5) is 0 Å². The minimum atomic E-state index is -0.678. The van der Waals surface area contributed by atoms with Crippen molar-refractivity contribution >= 4 is 28.5 Å². The van der Waals surface area contributed by atoms with Crippen LogP contribution >= 0.6 is 11.8 Å². The zero-order valence-corrected chi connectivity index (χ0v) is 14.3. The lowest BCUT2D eigenvalue weighted by molar-refractivity contribution is -0.131. The molecule has 2 rings (SSSR count). The molecule has 1 aromatic rings. The second-order valence-electron chi connectivity index (χ2n) is 5.36. The molecule has 1 aliphatic heterocycles. The molecule has 0 aromatic heterocycles. The van der Waals surface area contributed by atoms with E-state index in [1.54, 1.807) is 11.8 Å². The minimum Gasteiger partial charge on any atom is -0.342 e. The molecule has 0 spiro atoms. The van der Waals surface area contributed by atoms with Crippen molar-refractivity contribution in [1.82, 2.24) is 4.90 Å². The fourth-order valence-corrected chi connectivity index (χ4v) is 4.90. The number of nitrogens with zero attached hydrogens (tertiary/aromatic N) is 1. The lowest BCUT2D eigenvalue weighted by atomic mass is 10.1. The number of carbonyl (C=O) groups is 1. The molecule has 3 nitrogen and oxygen atoms in total. The van der Waals surface area contributed by atoms with E-state index in [0.717, 1.165) is 35.7 Å². The molecular formula is C16H23NO2S2. The number of benzene rings is 1. The molecule has 1 amide bonds. The van der Waals surface area contributed by atoms with E-state index in [9.17, 15) is 9.00 Å². The fraction of sp³-hybridized carbons (Fsp3) is 0.562. The maximum Gasteiger partial charge on any atom is 0.236 e. The second kappa shape index (κ2) is 7.99. The van der Waals surface area contributed by atoms with Crippen molar-refractivity contribution in [1.29, 1.82) is 0 Å². The molecule has 1 aliphatic rings. The van der Waals surface area contributed by atoms with E-state index in [0.29, 0.717) is 0 Å². The van der Waals surface area contributed by atoms with Crippen LogP contribution in [0.15, 0.2) is 35.2 Å². The van der Waals surface area contributed by atoms with Crippen LogP contribution < -0.4 is 0 Å². The van der Waals surface area contributed by atoms with Gasteiger partial charge in [-0.15, -0.1) is 11.8 Å². The number of amides is 1. The van der Waals surface area contributed by atoms with Gasteiger partial charge < -0.3 is 4.90 Å². The number of hydrogen-bond acceptors (Lipinski definition) is 3. The quantitative estimate of drug-likeness (QED) is 0.781. The Morgan fingerprint density at radius 1 is 1.33 bits per heavy atom. The predicted molar refractivity (Wildman–Crippen MR) is 90.0 cm³/mol. The van der Waals surface area contributed by atoms with E-state index in [1.165, 1.54) is 0 Å². The Morgan fingerprint density at radius 3 is 2.52 bits per heavy atom. The first-order valence-corrected chi connectivity index (χ1v) is 9.82. The van der Waals surface area contributed by atoms with E-state index < -0.39 is 10.8 Å². The highest BCUT2D eigenvalue weighted by molar-refractivity contribution is 8.00. The molecule has 1 unspecified atom stereocenters. The Balaban J connectivity index is 1.97. The van der Waals surface area contributed by atoms with Crippen molar-refractivity contribution < 1.29 is 9.00 Å². The van der Waals surface area contributed by atoms with Gasteiger partial charge in [0.15, 0.2) is 0 Å². The van der Waals surface area contributed by atoms with Crippen molar-refractivity contribution in [3.05, 3.63) is 30.3 Å². The normalized spacial score (nSPS) is 23.5. The SMILES string of the molecule is CCC(Sc1ccccc1)C(=O)N(C)C1CCS(=O)CC1. The van der Waals surface area contributed by atoms with Crippen LogP contribution in [-0.2, 0) is 15.6 Å². The van der Waals surface area contributed by atoms with Crippen LogP contribution in [0.2, 0.25) is 0 Å². The van der Waals surface area contributed by atoms with Gasteiger partial charge in [-0.1, -0.05) is 25.1 Å². The van der Waals surface area contributed by atoms with E-state index >= 15 is 0 Å². The first-order chi connectivity index (χ1) is 10.1. The number of rotatable bonds is 5. The molecule has 1 atom stereocenters. The van der Waals surface area contributed by atoms with Gasteiger partial charge >= 0.3 is 0 Å². The molecule has 1 saturated heterocycles.